The van der Waals surface area contributed by atoms with Gasteiger partial charge < -0.3 is 14.4 Å². The van der Waals surface area contributed by atoms with Gasteiger partial charge in [-0.1, -0.05) is 59.7 Å². The standard InChI is InChI=1S/C26H27NO4/c1-18-5-9-20(10-6-18)16-27(17-21-11-7-19(2)8-12-21)24-14-22(25(28)30-3)13-23(15-24)26(29)31-4/h5-15H,16-17H2,1-4H3. The lowest BCUT2D eigenvalue weighted by Gasteiger charge is -2.26. The number of rotatable bonds is 7. The number of methoxy groups -OCH3 is 2. The zero-order valence-corrected chi connectivity index (χ0v) is 18.3. The van der Waals surface area contributed by atoms with Crippen LogP contribution in [0.3, 0.4) is 0 Å². The third-order valence-electron chi connectivity index (χ3n) is 5.11. The fourth-order valence-electron chi connectivity index (χ4n) is 3.33. The van der Waals surface area contributed by atoms with Crippen LogP contribution in [-0.4, -0.2) is 26.2 Å². The Morgan fingerprint density at radius 3 is 1.42 bits per heavy atom. The van der Waals surface area contributed by atoms with Gasteiger partial charge in [0.1, 0.15) is 0 Å². The molecule has 0 radical (unpaired) electrons. The minimum absolute atomic E-state index is 0.304. The molecule has 0 aliphatic heterocycles. The van der Waals surface area contributed by atoms with Crippen LogP contribution in [0.4, 0.5) is 5.69 Å². The molecule has 0 saturated heterocycles. The lowest BCUT2D eigenvalue weighted by atomic mass is 10.1. The summed E-state index contributed by atoms with van der Waals surface area (Å²) in [5, 5.41) is 0. The predicted octanol–water partition coefficient (Wildman–Crippen LogP) is 5.08. The van der Waals surface area contributed by atoms with Crippen molar-refractivity contribution in [1.29, 1.82) is 0 Å². The first-order valence-corrected chi connectivity index (χ1v) is 10.1. The van der Waals surface area contributed by atoms with Gasteiger partial charge in [-0.2, -0.15) is 0 Å². The van der Waals surface area contributed by atoms with Crippen molar-refractivity contribution in [2.75, 3.05) is 19.1 Å². The summed E-state index contributed by atoms with van der Waals surface area (Å²) in [6.45, 7) is 5.32. The van der Waals surface area contributed by atoms with E-state index in [1.807, 2.05) is 0 Å². The lowest BCUT2D eigenvalue weighted by molar-refractivity contribution is 0.0599. The molecule has 31 heavy (non-hydrogen) atoms. The van der Waals surface area contributed by atoms with Crippen molar-refractivity contribution in [1.82, 2.24) is 0 Å². The lowest BCUT2D eigenvalue weighted by Crippen LogP contribution is -2.23. The molecule has 160 valence electrons. The van der Waals surface area contributed by atoms with Crippen molar-refractivity contribution >= 4 is 17.6 Å². The number of benzene rings is 3. The molecule has 0 unspecified atom stereocenters. The smallest absolute Gasteiger partial charge is 0.337 e. The van der Waals surface area contributed by atoms with Crippen molar-refractivity contribution in [3.8, 4) is 0 Å². The van der Waals surface area contributed by atoms with E-state index >= 15 is 0 Å². The molecule has 0 atom stereocenters. The Kier molecular flexibility index (Phi) is 7.08. The van der Waals surface area contributed by atoms with Crippen LogP contribution in [0.15, 0.2) is 66.7 Å². The number of carbonyl (C=O) groups is 2. The van der Waals surface area contributed by atoms with Gasteiger partial charge in [-0.25, -0.2) is 9.59 Å². The second kappa shape index (κ2) is 9.94. The van der Waals surface area contributed by atoms with E-state index in [2.05, 4.69) is 67.3 Å². The third kappa shape index (κ3) is 5.72. The second-order valence-electron chi connectivity index (χ2n) is 7.58. The van der Waals surface area contributed by atoms with Gasteiger partial charge in [0.15, 0.2) is 0 Å². The molecule has 0 fully saturated rings. The number of carbonyl (C=O) groups excluding carboxylic acids is 2. The number of ether oxygens (including phenoxy) is 2. The molecule has 0 spiro atoms. The first-order valence-electron chi connectivity index (χ1n) is 10.1. The van der Waals surface area contributed by atoms with Crippen molar-refractivity contribution in [3.05, 3.63) is 100 Å². The molecule has 0 saturated carbocycles. The van der Waals surface area contributed by atoms with E-state index in [-0.39, 0.29) is 0 Å². The Morgan fingerprint density at radius 1 is 0.677 bits per heavy atom. The van der Waals surface area contributed by atoms with Crippen LogP contribution in [0.25, 0.3) is 0 Å². The minimum atomic E-state index is -0.502. The number of hydrogen-bond donors (Lipinski definition) is 0. The molecule has 0 aromatic heterocycles. The van der Waals surface area contributed by atoms with Crippen molar-refractivity contribution in [2.24, 2.45) is 0 Å². The van der Waals surface area contributed by atoms with Crippen LogP contribution in [0, 0.1) is 13.8 Å². The van der Waals surface area contributed by atoms with Crippen molar-refractivity contribution in [2.45, 2.75) is 26.9 Å². The van der Waals surface area contributed by atoms with Gasteiger partial charge in [-0.05, 0) is 43.2 Å². The maximum absolute atomic E-state index is 12.3. The highest BCUT2D eigenvalue weighted by molar-refractivity contribution is 5.97. The minimum Gasteiger partial charge on any atom is -0.465 e. The topological polar surface area (TPSA) is 55.8 Å². The molecule has 0 heterocycles. The highest BCUT2D eigenvalue weighted by Crippen LogP contribution is 2.25. The molecular formula is C26H27NO4. The highest BCUT2D eigenvalue weighted by Gasteiger charge is 2.18. The highest BCUT2D eigenvalue weighted by atomic mass is 16.5. The van der Waals surface area contributed by atoms with E-state index < -0.39 is 11.9 Å². The molecular weight excluding hydrogens is 390 g/mol. The summed E-state index contributed by atoms with van der Waals surface area (Å²) >= 11 is 0. The summed E-state index contributed by atoms with van der Waals surface area (Å²) in [7, 11) is 2.65. The quantitative estimate of drug-likeness (QED) is 0.502. The van der Waals surface area contributed by atoms with E-state index in [0.717, 1.165) is 16.8 Å². The van der Waals surface area contributed by atoms with E-state index in [9.17, 15) is 9.59 Å². The molecule has 0 bridgehead atoms. The SMILES string of the molecule is COC(=O)c1cc(C(=O)OC)cc(N(Cc2ccc(C)cc2)Cc2ccc(C)cc2)c1. The first-order chi connectivity index (χ1) is 14.9. The Labute approximate surface area is 183 Å². The summed E-state index contributed by atoms with van der Waals surface area (Å²) in [4.78, 5) is 26.6. The summed E-state index contributed by atoms with van der Waals surface area (Å²) in [5.74, 6) is -1.00. The molecule has 0 N–H and O–H groups in total. The fraction of sp³-hybridized carbons (Fsp3) is 0.231. The van der Waals surface area contributed by atoms with Gasteiger partial charge in [-0.3, -0.25) is 0 Å². The summed E-state index contributed by atoms with van der Waals surface area (Å²) < 4.78 is 9.79. The normalized spacial score (nSPS) is 10.5. The maximum Gasteiger partial charge on any atom is 0.337 e. The fourth-order valence-corrected chi connectivity index (χ4v) is 3.33. The average Bonchev–Trinajstić information content (AvgIpc) is 2.80. The van der Waals surface area contributed by atoms with Crippen LogP contribution in [-0.2, 0) is 22.6 Å². The Bertz CT molecular complexity index is 974. The van der Waals surface area contributed by atoms with Gasteiger partial charge in [0, 0.05) is 18.8 Å². The number of esters is 2. The molecule has 0 amide bonds. The van der Waals surface area contributed by atoms with Crippen molar-refractivity contribution in [3.63, 3.8) is 0 Å². The monoisotopic (exact) mass is 417 g/mol. The number of anilines is 1. The van der Waals surface area contributed by atoms with Gasteiger partial charge in [-0.15, -0.1) is 0 Å². The van der Waals surface area contributed by atoms with Gasteiger partial charge in [0.25, 0.3) is 0 Å². The maximum atomic E-state index is 12.3. The zero-order valence-electron chi connectivity index (χ0n) is 18.3. The second-order valence-corrected chi connectivity index (χ2v) is 7.58. The first kappa shape index (κ1) is 22.1. The van der Waals surface area contributed by atoms with E-state index in [1.54, 1.807) is 12.1 Å². The van der Waals surface area contributed by atoms with Crippen LogP contribution in [0.2, 0.25) is 0 Å². The number of nitrogens with zero attached hydrogens (tertiary/aromatic N) is 1. The Hall–Kier alpha value is -3.60. The van der Waals surface area contributed by atoms with Gasteiger partial charge in [0.2, 0.25) is 0 Å². The van der Waals surface area contributed by atoms with Gasteiger partial charge >= 0.3 is 11.9 Å². The number of aryl methyl sites for hydroxylation is 2. The number of hydrogen-bond acceptors (Lipinski definition) is 5. The predicted molar refractivity (Wildman–Crippen MR) is 121 cm³/mol. The van der Waals surface area contributed by atoms with E-state index in [4.69, 9.17) is 9.47 Å². The molecule has 3 aromatic carbocycles. The molecule has 3 aromatic rings. The summed E-state index contributed by atoms with van der Waals surface area (Å²) in [6, 6.07) is 21.6. The van der Waals surface area contributed by atoms with Gasteiger partial charge in [0.05, 0.1) is 25.3 Å². The molecule has 5 nitrogen and oxygen atoms in total. The Morgan fingerprint density at radius 2 is 1.06 bits per heavy atom. The largest absolute Gasteiger partial charge is 0.465 e. The van der Waals surface area contributed by atoms with Crippen LogP contribution >= 0.6 is 0 Å². The van der Waals surface area contributed by atoms with Crippen LogP contribution in [0.5, 0.6) is 0 Å². The van der Waals surface area contributed by atoms with Crippen LogP contribution < -0.4 is 4.90 Å². The molecule has 0 aliphatic rings. The van der Waals surface area contributed by atoms with Crippen LogP contribution in [0.1, 0.15) is 43.0 Å². The molecule has 5 heteroatoms. The van der Waals surface area contributed by atoms with Crippen molar-refractivity contribution < 1.29 is 19.1 Å². The summed E-state index contributed by atoms with van der Waals surface area (Å²) in [6.07, 6.45) is 0. The zero-order chi connectivity index (χ0) is 22.4. The molecule has 0 aliphatic carbocycles. The molecule has 3 rings (SSSR count). The van der Waals surface area contributed by atoms with E-state index in [0.29, 0.717) is 24.2 Å². The summed E-state index contributed by atoms with van der Waals surface area (Å²) in [5.41, 5.74) is 5.98. The Balaban J connectivity index is 2.05. The third-order valence-corrected chi connectivity index (χ3v) is 5.11. The average molecular weight is 418 g/mol. The van der Waals surface area contributed by atoms with E-state index in [1.165, 1.54) is 31.4 Å².